The molecule has 8 nitrogen and oxygen atoms in total. The molecule has 0 aliphatic carbocycles. The molecule has 0 amide bonds. The Bertz CT molecular complexity index is 678. The Morgan fingerprint density at radius 3 is 2.68 bits per heavy atom. The number of nitrogens with zero attached hydrogens (tertiary/aromatic N) is 4. The molecule has 0 saturated heterocycles. The average Bonchev–Trinajstić information content (AvgIpc) is 2.38. The molecule has 0 aromatic carbocycles. The SMILES string of the molecule is Cn1[nH]c(=O)c(=O)nc1Sc1ncc(CCN)cn1. The van der Waals surface area contributed by atoms with Gasteiger partial charge in [0.1, 0.15) is 0 Å². The second kappa shape index (κ2) is 5.76. The second-order valence-electron chi connectivity index (χ2n) is 3.71. The zero-order valence-electron chi connectivity index (χ0n) is 10.2. The monoisotopic (exact) mass is 280 g/mol. The van der Waals surface area contributed by atoms with Gasteiger partial charge in [0.05, 0.1) is 0 Å². The van der Waals surface area contributed by atoms with Gasteiger partial charge in [-0.15, -0.1) is 0 Å². The lowest BCUT2D eigenvalue weighted by molar-refractivity contribution is 0.595. The van der Waals surface area contributed by atoms with E-state index in [1.807, 2.05) is 0 Å². The Morgan fingerprint density at radius 2 is 2.05 bits per heavy atom. The van der Waals surface area contributed by atoms with Crippen molar-refractivity contribution in [1.29, 1.82) is 0 Å². The van der Waals surface area contributed by atoms with E-state index in [0.29, 0.717) is 23.3 Å². The zero-order chi connectivity index (χ0) is 13.8. The maximum atomic E-state index is 11.2. The number of aromatic amines is 1. The Morgan fingerprint density at radius 1 is 1.37 bits per heavy atom. The van der Waals surface area contributed by atoms with Crippen molar-refractivity contribution < 1.29 is 0 Å². The van der Waals surface area contributed by atoms with Gasteiger partial charge in [-0.3, -0.25) is 19.4 Å². The normalized spacial score (nSPS) is 10.6. The quantitative estimate of drug-likeness (QED) is 0.539. The van der Waals surface area contributed by atoms with E-state index in [-0.39, 0.29) is 0 Å². The van der Waals surface area contributed by atoms with Crippen LogP contribution in [0.3, 0.4) is 0 Å². The van der Waals surface area contributed by atoms with E-state index in [9.17, 15) is 9.59 Å². The molecule has 0 fully saturated rings. The van der Waals surface area contributed by atoms with Crippen molar-refractivity contribution in [3.63, 3.8) is 0 Å². The number of rotatable bonds is 4. The van der Waals surface area contributed by atoms with Gasteiger partial charge >= 0.3 is 11.1 Å². The first-order valence-electron chi connectivity index (χ1n) is 5.46. The van der Waals surface area contributed by atoms with Crippen molar-refractivity contribution >= 4 is 11.8 Å². The third-order valence-electron chi connectivity index (χ3n) is 2.24. The number of nitrogens with one attached hydrogen (secondary N) is 1. The van der Waals surface area contributed by atoms with Gasteiger partial charge in [0.15, 0.2) is 10.3 Å². The molecule has 0 radical (unpaired) electrons. The molecule has 0 unspecified atom stereocenters. The van der Waals surface area contributed by atoms with Crippen LogP contribution in [-0.4, -0.2) is 31.3 Å². The van der Waals surface area contributed by atoms with E-state index < -0.39 is 11.1 Å². The highest BCUT2D eigenvalue weighted by molar-refractivity contribution is 7.99. The molecule has 2 aromatic heterocycles. The van der Waals surface area contributed by atoms with E-state index in [1.54, 1.807) is 19.4 Å². The summed E-state index contributed by atoms with van der Waals surface area (Å²) < 4.78 is 1.35. The summed E-state index contributed by atoms with van der Waals surface area (Å²) in [5.41, 5.74) is 4.78. The predicted molar refractivity (Wildman–Crippen MR) is 69.0 cm³/mol. The van der Waals surface area contributed by atoms with E-state index in [4.69, 9.17) is 5.73 Å². The van der Waals surface area contributed by atoms with Crippen LogP contribution in [0.15, 0.2) is 32.3 Å². The summed E-state index contributed by atoms with van der Waals surface area (Å²) in [6.45, 7) is 0.534. The van der Waals surface area contributed by atoms with Crippen molar-refractivity contribution in [2.45, 2.75) is 16.7 Å². The van der Waals surface area contributed by atoms with E-state index >= 15 is 0 Å². The van der Waals surface area contributed by atoms with Crippen LogP contribution in [0.5, 0.6) is 0 Å². The van der Waals surface area contributed by atoms with Crippen LogP contribution in [0.2, 0.25) is 0 Å². The fourth-order valence-electron chi connectivity index (χ4n) is 1.32. The number of aryl methyl sites for hydroxylation is 1. The Labute approximate surface area is 112 Å². The molecule has 0 spiro atoms. The Hall–Kier alpha value is -2.00. The maximum absolute atomic E-state index is 11.2. The number of aromatic nitrogens is 5. The summed E-state index contributed by atoms with van der Waals surface area (Å²) in [6, 6.07) is 0. The van der Waals surface area contributed by atoms with Crippen LogP contribution in [0.1, 0.15) is 5.56 Å². The van der Waals surface area contributed by atoms with Gasteiger partial charge in [-0.2, -0.15) is 4.98 Å². The summed E-state index contributed by atoms with van der Waals surface area (Å²) in [6.07, 6.45) is 4.05. The number of hydrogen-bond acceptors (Lipinski definition) is 7. The van der Waals surface area contributed by atoms with Crippen LogP contribution in [0.25, 0.3) is 0 Å². The lowest BCUT2D eigenvalue weighted by Crippen LogP contribution is -2.33. The van der Waals surface area contributed by atoms with E-state index in [0.717, 1.165) is 17.3 Å². The number of nitrogens with two attached hydrogens (primary N) is 1. The van der Waals surface area contributed by atoms with Crippen molar-refractivity contribution in [1.82, 2.24) is 24.7 Å². The molecular formula is C10H12N6O2S. The Kier molecular flexibility index (Phi) is 4.07. The molecule has 0 saturated carbocycles. The molecule has 100 valence electrons. The van der Waals surface area contributed by atoms with Crippen LogP contribution >= 0.6 is 11.8 Å². The minimum Gasteiger partial charge on any atom is -0.330 e. The van der Waals surface area contributed by atoms with Crippen molar-refractivity contribution in [3.05, 3.63) is 38.7 Å². The molecular weight excluding hydrogens is 268 g/mol. The molecule has 0 atom stereocenters. The van der Waals surface area contributed by atoms with E-state index in [2.05, 4.69) is 20.1 Å². The van der Waals surface area contributed by atoms with Gasteiger partial charge in [0, 0.05) is 19.4 Å². The number of H-pyrrole nitrogens is 1. The second-order valence-corrected chi connectivity index (χ2v) is 4.65. The fraction of sp³-hybridized carbons (Fsp3) is 0.300. The smallest absolute Gasteiger partial charge is 0.330 e. The van der Waals surface area contributed by atoms with Crippen molar-refractivity contribution in [2.75, 3.05) is 6.54 Å². The molecule has 0 aliphatic rings. The first-order valence-corrected chi connectivity index (χ1v) is 6.28. The molecule has 9 heteroatoms. The molecule has 0 bridgehead atoms. The molecule has 2 rings (SSSR count). The Balaban J connectivity index is 2.23. The minimum atomic E-state index is -0.833. The first-order chi connectivity index (χ1) is 9.10. The van der Waals surface area contributed by atoms with Gasteiger partial charge in [-0.05, 0) is 30.3 Å². The lowest BCUT2D eigenvalue weighted by atomic mass is 10.2. The molecule has 2 heterocycles. The first kappa shape index (κ1) is 13.4. The molecule has 2 aromatic rings. The van der Waals surface area contributed by atoms with Gasteiger partial charge in [-0.1, -0.05) is 0 Å². The van der Waals surface area contributed by atoms with Crippen LogP contribution in [0.4, 0.5) is 0 Å². The standard InChI is InChI=1S/C10H12N6O2S/c1-16-10(14-7(17)8(18)15-16)19-9-12-4-6(2-3-11)5-13-9/h4-5H,2-3,11H2,1H3,(H,15,18). The highest BCUT2D eigenvalue weighted by Crippen LogP contribution is 2.19. The van der Waals surface area contributed by atoms with Crippen molar-refractivity contribution in [2.24, 2.45) is 12.8 Å². The third-order valence-corrected chi connectivity index (χ3v) is 3.19. The maximum Gasteiger partial charge on any atom is 0.339 e. The van der Waals surface area contributed by atoms with Gasteiger partial charge < -0.3 is 5.73 Å². The fourth-order valence-corrected chi connectivity index (χ4v) is 2.01. The van der Waals surface area contributed by atoms with Crippen LogP contribution in [0, 0.1) is 0 Å². The van der Waals surface area contributed by atoms with Crippen LogP contribution < -0.4 is 16.9 Å². The highest BCUT2D eigenvalue weighted by atomic mass is 32.2. The summed E-state index contributed by atoms with van der Waals surface area (Å²) >= 11 is 1.09. The largest absolute Gasteiger partial charge is 0.339 e. The third kappa shape index (κ3) is 3.26. The lowest BCUT2D eigenvalue weighted by Gasteiger charge is -2.04. The summed E-state index contributed by atoms with van der Waals surface area (Å²) in [5, 5.41) is 3.11. The average molecular weight is 280 g/mol. The zero-order valence-corrected chi connectivity index (χ0v) is 11.0. The molecule has 0 aliphatic heterocycles. The van der Waals surface area contributed by atoms with Crippen molar-refractivity contribution in [3.8, 4) is 0 Å². The van der Waals surface area contributed by atoms with Gasteiger partial charge in [-0.25, -0.2) is 9.97 Å². The molecule has 3 N–H and O–H groups in total. The number of hydrogen-bond donors (Lipinski definition) is 2. The van der Waals surface area contributed by atoms with E-state index in [1.165, 1.54) is 4.68 Å². The minimum absolute atomic E-state index is 0.316. The van der Waals surface area contributed by atoms with Gasteiger partial charge in [0.25, 0.3) is 0 Å². The predicted octanol–water partition coefficient (Wildman–Crippen LogP) is -1.09. The molecule has 19 heavy (non-hydrogen) atoms. The topological polar surface area (TPSA) is 120 Å². The summed E-state index contributed by atoms with van der Waals surface area (Å²) in [7, 11) is 1.58. The van der Waals surface area contributed by atoms with Crippen LogP contribution in [-0.2, 0) is 13.5 Å². The van der Waals surface area contributed by atoms with Gasteiger partial charge in [0.2, 0.25) is 0 Å². The summed E-state index contributed by atoms with van der Waals surface area (Å²) in [4.78, 5) is 34.2. The highest BCUT2D eigenvalue weighted by Gasteiger charge is 2.08. The summed E-state index contributed by atoms with van der Waals surface area (Å²) in [5.74, 6) is 0.